The summed E-state index contributed by atoms with van der Waals surface area (Å²) in [4.78, 5) is 32.2. The van der Waals surface area contributed by atoms with Crippen molar-refractivity contribution in [1.82, 2.24) is 14.8 Å². The van der Waals surface area contributed by atoms with Crippen LogP contribution in [-0.4, -0.2) is 52.8 Å². The maximum atomic E-state index is 12.9. The molecule has 0 aromatic carbocycles. The number of aromatic nitrogens is 1. The van der Waals surface area contributed by atoms with Gasteiger partial charge in [0.1, 0.15) is 12.1 Å². The summed E-state index contributed by atoms with van der Waals surface area (Å²) in [6.45, 7) is 2.67. The Balaban J connectivity index is 1.31. The van der Waals surface area contributed by atoms with Crippen LogP contribution in [0.1, 0.15) is 22.5 Å². The zero-order valence-corrected chi connectivity index (χ0v) is 13.7. The first-order valence-electron chi connectivity index (χ1n) is 8.24. The second kappa shape index (κ2) is 5.98. The number of nitrogens with zero attached hydrogens (tertiary/aromatic N) is 3. The number of likely N-dealkylation sites (tertiary alicyclic amines) is 2. The van der Waals surface area contributed by atoms with Crippen LogP contribution in [0.15, 0.2) is 41.3 Å². The fourth-order valence-corrected chi connectivity index (χ4v) is 3.65. The second-order valence-corrected chi connectivity index (χ2v) is 6.88. The van der Waals surface area contributed by atoms with Gasteiger partial charge in [-0.3, -0.25) is 14.6 Å². The Bertz CT molecular complexity index is 782. The molecule has 0 saturated carbocycles. The zero-order chi connectivity index (χ0) is 17.4. The molecule has 0 atom stereocenters. The van der Waals surface area contributed by atoms with E-state index in [2.05, 4.69) is 4.98 Å². The minimum absolute atomic E-state index is 0.00524. The standard InChI is InChI=1S/C18H18FN3O3/c19-14-1-2-15(20-8-14)7-16(23)22-11-18(12-22)4-5-21(10-18)17(24)13-3-6-25-9-13/h1-3,6,8-9H,4-5,7,10-12H2. The summed E-state index contributed by atoms with van der Waals surface area (Å²) in [6, 6.07) is 4.51. The van der Waals surface area contributed by atoms with E-state index in [9.17, 15) is 14.0 Å². The molecule has 2 aliphatic heterocycles. The Morgan fingerprint density at radius 1 is 1.20 bits per heavy atom. The van der Waals surface area contributed by atoms with Gasteiger partial charge in [0, 0.05) is 37.3 Å². The highest BCUT2D eigenvalue weighted by Crippen LogP contribution is 2.40. The summed E-state index contributed by atoms with van der Waals surface area (Å²) in [5, 5.41) is 0. The van der Waals surface area contributed by atoms with Crippen molar-refractivity contribution in [3.63, 3.8) is 0 Å². The van der Waals surface area contributed by atoms with E-state index in [1.54, 1.807) is 11.0 Å². The normalized spacial score (nSPS) is 18.4. The van der Waals surface area contributed by atoms with Gasteiger partial charge in [-0.05, 0) is 24.6 Å². The monoisotopic (exact) mass is 343 g/mol. The van der Waals surface area contributed by atoms with Crippen LogP contribution in [0.2, 0.25) is 0 Å². The summed E-state index contributed by atoms with van der Waals surface area (Å²) in [5.41, 5.74) is 1.13. The lowest BCUT2D eigenvalue weighted by atomic mass is 9.79. The molecule has 25 heavy (non-hydrogen) atoms. The van der Waals surface area contributed by atoms with Crippen molar-refractivity contribution in [1.29, 1.82) is 0 Å². The van der Waals surface area contributed by atoms with Gasteiger partial charge in [-0.2, -0.15) is 0 Å². The third-order valence-corrected chi connectivity index (χ3v) is 5.02. The van der Waals surface area contributed by atoms with Crippen molar-refractivity contribution < 1.29 is 18.4 Å². The average Bonchev–Trinajstić information content (AvgIpc) is 3.24. The summed E-state index contributed by atoms with van der Waals surface area (Å²) in [6.07, 6.45) is 5.14. The molecule has 4 heterocycles. The first kappa shape index (κ1) is 15.8. The molecule has 2 aromatic rings. The topological polar surface area (TPSA) is 66.7 Å². The predicted molar refractivity (Wildman–Crippen MR) is 86.1 cm³/mol. The fourth-order valence-electron chi connectivity index (χ4n) is 3.65. The van der Waals surface area contributed by atoms with Gasteiger partial charge in [-0.25, -0.2) is 4.39 Å². The number of pyridine rings is 1. The van der Waals surface area contributed by atoms with E-state index in [0.29, 0.717) is 37.4 Å². The quantitative estimate of drug-likeness (QED) is 0.851. The molecule has 2 saturated heterocycles. The summed E-state index contributed by atoms with van der Waals surface area (Å²) in [7, 11) is 0. The first-order valence-corrected chi connectivity index (χ1v) is 8.24. The minimum atomic E-state index is -0.410. The van der Waals surface area contributed by atoms with E-state index in [0.717, 1.165) is 12.6 Å². The van der Waals surface area contributed by atoms with Crippen LogP contribution in [0.25, 0.3) is 0 Å². The molecular formula is C18H18FN3O3. The Kier molecular flexibility index (Phi) is 3.78. The lowest BCUT2D eigenvalue weighted by Crippen LogP contribution is -2.60. The number of carbonyl (C=O) groups is 2. The molecule has 2 aromatic heterocycles. The maximum absolute atomic E-state index is 12.9. The molecular weight excluding hydrogens is 325 g/mol. The van der Waals surface area contributed by atoms with Gasteiger partial charge in [0.25, 0.3) is 5.91 Å². The molecule has 1 spiro atoms. The molecule has 0 unspecified atom stereocenters. The van der Waals surface area contributed by atoms with Crippen LogP contribution in [0, 0.1) is 11.2 Å². The molecule has 2 fully saturated rings. The molecule has 2 aliphatic rings. The van der Waals surface area contributed by atoms with E-state index in [1.165, 1.54) is 24.7 Å². The molecule has 0 radical (unpaired) electrons. The minimum Gasteiger partial charge on any atom is -0.472 e. The maximum Gasteiger partial charge on any atom is 0.257 e. The number of halogens is 1. The van der Waals surface area contributed by atoms with Crippen LogP contribution >= 0.6 is 0 Å². The third-order valence-electron chi connectivity index (χ3n) is 5.02. The molecule has 0 aliphatic carbocycles. The smallest absolute Gasteiger partial charge is 0.257 e. The molecule has 0 N–H and O–H groups in total. The molecule has 0 bridgehead atoms. The Labute approximate surface area is 144 Å². The molecule has 7 heteroatoms. The number of hydrogen-bond acceptors (Lipinski definition) is 4. The fraction of sp³-hybridized carbons (Fsp3) is 0.389. The lowest BCUT2D eigenvalue weighted by molar-refractivity contribution is -0.141. The van der Waals surface area contributed by atoms with Crippen LogP contribution in [0.5, 0.6) is 0 Å². The van der Waals surface area contributed by atoms with Crippen LogP contribution in [-0.2, 0) is 11.2 Å². The molecule has 6 nitrogen and oxygen atoms in total. The van der Waals surface area contributed by atoms with E-state index < -0.39 is 5.82 Å². The van der Waals surface area contributed by atoms with Gasteiger partial charge >= 0.3 is 0 Å². The highest BCUT2D eigenvalue weighted by molar-refractivity contribution is 5.94. The number of rotatable bonds is 3. The van der Waals surface area contributed by atoms with Crippen LogP contribution in [0.3, 0.4) is 0 Å². The van der Waals surface area contributed by atoms with Gasteiger partial charge in [-0.15, -0.1) is 0 Å². The van der Waals surface area contributed by atoms with Gasteiger partial charge in [0.15, 0.2) is 0 Å². The lowest BCUT2D eigenvalue weighted by Gasteiger charge is -2.48. The van der Waals surface area contributed by atoms with Gasteiger partial charge in [-0.1, -0.05) is 0 Å². The Hall–Kier alpha value is -2.70. The van der Waals surface area contributed by atoms with Crippen molar-refractivity contribution in [3.8, 4) is 0 Å². The van der Waals surface area contributed by atoms with Crippen LogP contribution in [0.4, 0.5) is 4.39 Å². The van der Waals surface area contributed by atoms with Crippen LogP contribution < -0.4 is 0 Å². The van der Waals surface area contributed by atoms with E-state index in [1.807, 2.05) is 4.90 Å². The van der Waals surface area contributed by atoms with Crippen molar-refractivity contribution in [2.24, 2.45) is 5.41 Å². The van der Waals surface area contributed by atoms with Crippen molar-refractivity contribution >= 4 is 11.8 Å². The van der Waals surface area contributed by atoms with Crippen molar-refractivity contribution in [2.75, 3.05) is 26.2 Å². The first-order chi connectivity index (χ1) is 12.0. The SMILES string of the molecule is O=C(Cc1ccc(F)cn1)N1CC2(CCN(C(=O)c3ccoc3)C2)C1. The van der Waals surface area contributed by atoms with E-state index in [-0.39, 0.29) is 23.7 Å². The van der Waals surface area contributed by atoms with E-state index >= 15 is 0 Å². The van der Waals surface area contributed by atoms with Gasteiger partial charge < -0.3 is 14.2 Å². The largest absolute Gasteiger partial charge is 0.472 e. The van der Waals surface area contributed by atoms with Crippen molar-refractivity contribution in [3.05, 3.63) is 54.0 Å². The number of amides is 2. The number of furan rings is 1. The molecule has 4 rings (SSSR count). The average molecular weight is 343 g/mol. The number of carbonyl (C=O) groups excluding carboxylic acids is 2. The summed E-state index contributed by atoms with van der Waals surface area (Å²) >= 11 is 0. The Morgan fingerprint density at radius 3 is 2.68 bits per heavy atom. The number of hydrogen-bond donors (Lipinski definition) is 0. The summed E-state index contributed by atoms with van der Waals surface area (Å²) < 4.78 is 17.8. The molecule has 2 amide bonds. The zero-order valence-electron chi connectivity index (χ0n) is 13.7. The summed E-state index contributed by atoms with van der Waals surface area (Å²) in [5.74, 6) is -0.442. The van der Waals surface area contributed by atoms with Gasteiger partial charge in [0.05, 0.1) is 24.4 Å². The predicted octanol–water partition coefficient (Wildman–Crippen LogP) is 1.73. The van der Waals surface area contributed by atoms with Gasteiger partial charge in [0.2, 0.25) is 5.91 Å². The highest BCUT2D eigenvalue weighted by atomic mass is 19.1. The highest BCUT2D eigenvalue weighted by Gasteiger charge is 2.50. The molecule has 130 valence electrons. The van der Waals surface area contributed by atoms with E-state index in [4.69, 9.17) is 4.42 Å². The second-order valence-electron chi connectivity index (χ2n) is 6.88. The van der Waals surface area contributed by atoms with Crippen molar-refractivity contribution in [2.45, 2.75) is 12.8 Å². The third kappa shape index (κ3) is 3.01. The Morgan fingerprint density at radius 2 is 2.00 bits per heavy atom.